The highest BCUT2D eigenvalue weighted by molar-refractivity contribution is 7.92. The maximum atomic E-state index is 12.5. The van der Waals surface area contributed by atoms with Gasteiger partial charge in [-0.25, -0.2) is 21.6 Å². The second kappa shape index (κ2) is 5.27. The van der Waals surface area contributed by atoms with E-state index in [1.807, 2.05) is 0 Å². The van der Waals surface area contributed by atoms with E-state index in [-0.39, 0.29) is 4.90 Å². The fraction of sp³-hybridized carbons (Fsp3) is 0.308. The third kappa shape index (κ3) is 2.84. The number of rotatable bonds is 3. The second-order valence-electron chi connectivity index (χ2n) is 5.20. The van der Waals surface area contributed by atoms with Gasteiger partial charge in [0.1, 0.15) is 4.90 Å². The van der Waals surface area contributed by atoms with Crippen molar-refractivity contribution in [3.8, 4) is 0 Å². The Morgan fingerprint density at radius 2 is 1.91 bits per heavy atom. The molecule has 0 radical (unpaired) electrons. The van der Waals surface area contributed by atoms with Crippen LogP contribution in [0, 0.1) is 0 Å². The molecule has 118 valence electrons. The number of hydrogen-bond acceptors (Lipinski definition) is 6. The zero-order chi connectivity index (χ0) is 16.0. The number of aliphatic hydroxyl groups is 1. The summed E-state index contributed by atoms with van der Waals surface area (Å²) < 4.78 is 50.2. The Morgan fingerprint density at radius 3 is 2.59 bits per heavy atom. The van der Waals surface area contributed by atoms with Crippen molar-refractivity contribution in [2.45, 2.75) is 17.0 Å². The number of benzene rings is 1. The zero-order valence-corrected chi connectivity index (χ0v) is 13.0. The largest absolute Gasteiger partial charge is 0.390 e. The lowest BCUT2D eigenvalue weighted by Crippen LogP contribution is -2.42. The van der Waals surface area contributed by atoms with Crippen LogP contribution in [0.15, 0.2) is 41.4 Å². The SMILES string of the molecule is O=S1(=O)C[C@@H](O)[C@@H](NS(=O)(=O)c2cccc3cccnc23)C1. The molecule has 2 atom stereocenters. The molecular weight excluding hydrogens is 328 g/mol. The van der Waals surface area contributed by atoms with Crippen LogP contribution in [-0.4, -0.2) is 50.6 Å². The molecule has 2 heterocycles. The molecule has 1 aromatic heterocycles. The van der Waals surface area contributed by atoms with Crippen LogP contribution in [0.3, 0.4) is 0 Å². The molecule has 0 amide bonds. The van der Waals surface area contributed by atoms with Gasteiger partial charge in [0.05, 0.1) is 29.2 Å². The Bertz CT molecular complexity index is 919. The summed E-state index contributed by atoms with van der Waals surface area (Å²) in [6.45, 7) is 0. The molecule has 2 N–H and O–H groups in total. The summed E-state index contributed by atoms with van der Waals surface area (Å²) >= 11 is 0. The summed E-state index contributed by atoms with van der Waals surface area (Å²) in [4.78, 5) is 4.03. The number of fused-ring (bicyclic) bond motifs is 1. The second-order valence-corrected chi connectivity index (χ2v) is 9.04. The number of para-hydroxylation sites is 1. The van der Waals surface area contributed by atoms with Crippen molar-refractivity contribution >= 4 is 30.8 Å². The first kappa shape index (κ1) is 15.3. The predicted octanol–water partition coefficient (Wildman–Crippen LogP) is -0.329. The van der Waals surface area contributed by atoms with E-state index in [0.29, 0.717) is 10.9 Å². The van der Waals surface area contributed by atoms with Gasteiger partial charge in [-0.15, -0.1) is 0 Å². The van der Waals surface area contributed by atoms with E-state index in [1.165, 1.54) is 12.3 Å². The van der Waals surface area contributed by atoms with Crippen molar-refractivity contribution in [1.82, 2.24) is 9.71 Å². The van der Waals surface area contributed by atoms with E-state index >= 15 is 0 Å². The minimum Gasteiger partial charge on any atom is -0.390 e. The van der Waals surface area contributed by atoms with Crippen molar-refractivity contribution < 1.29 is 21.9 Å². The summed E-state index contributed by atoms with van der Waals surface area (Å²) in [5, 5.41) is 10.4. The highest BCUT2D eigenvalue weighted by Crippen LogP contribution is 2.22. The first-order valence-corrected chi connectivity index (χ1v) is 9.83. The smallest absolute Gasteiger partial charge is 0.243 e. The molecule has 3 rings (SSSR count). The first-order chi connectivity index (χ1) is 10.3. The van der Waals surface area contributed by atoms with Crippen LogP contribution < -0.4 is 4.72 Å². The summed E-state index contributed by atoms with van der Waals surface area (Å²) in [6, 6.07) is 7.09. The fourth-order valence-corrected chi connectivity index (χ4v) is 5.79. The minimum atomic E-state index is -3.99. The van der Waals surface area contributed by atoms with Crippen LogP contribution in [0.4, 0.5) is 0 Å². The molecule has 1 aliphatic heterocycles. The number of aliphatic hydroxyl groups excluding tert-OH is 1. The average Bonchev–Trinajstić information content (AvgIpc) is 2.70. The van der Waals surface area contributed by atoms with Crippen molar-refractivity contribution in [2.24, 2.45) is 0 Å². The van der Waals surface area contributed by atoms with Crippen LogP contribution in [0.25, 0.3) is 10.9 Å². The Labute approximate surface area is 128 Å². The zero-order valence-electron chi connectivity index (χ0n) is 11.4. The Hall–Kier alpha value is -1.55. The van der Waals surface area contributed by atoms with Gasteiger partial charge < -0.3 is 5.11 Å². The van der Waals surface area contributed by atoms with Gasteiger partial charge in [-0.05, 0) is 12.1 Å². The molecule has 0 spiro atoms. The molecule has 0 aliphatic carbocycles. The number of sulfonamides is 1. The lowest BCUT2D eigenvalue weighted by Gasteiger charge is -2.15. The molecule has 1 fully saturated rings. The van der Waals surface area contributed by atoms with E-state index in [0.717, 1.165) is 0 Å². The van der Waals surface area contributed by atoms with Gasteiger partial charge in [0.25, 0.3) is 0 Å². The molecule has 1 aliphatic rings. The third-order valence-corrected chi connectivity index (χ3v) is 6.75. The number of sulfone groups is 1. The normalized spacial score (nSPS) is 24.6. The van der Waals surface area contributed by atoms with Crippen LogP contribution in [0.5, 0.6) is 0 Å². The van der Waals surface area contributed by atoms with Gasteiger partial charge >= 0.3 is 0 Å². The van der Waals surface area contributed by atoms with Crippen molar-refractivity contribution in [3.63, 3.8) is 0 Å². The molecule has 0 saturated carbocycles. The maximum Gasteiger partial charge on any atom is 0.243 e. The van der Waals surface area contributed by atoms with E-state index < -0.39 is 43.5 Å². The molecule has 7 nitrogen and oxygen atoms in total. The quantitative estimate of drug-likeness (QED) is 0.790. The first-order valence-electron chi connectivity index (χ1n) is 6.53. The monoisotopic (exact) mass is 342 g/mol. The summed E-state index contributed by atoms with van der Waals surface area (Å²) in [5.41, 5.74) is 0.299. The van der Waals surface area contributed by atoms with E-state index in [4.69, 9.17) is 0 Å². The topological polar surface area (TPSA) is 113 Å². The predicted molar refractivity (Wildman–Crippen MR) is 80.5 cm³/mol. The van der Waals surface area contributed by atoms with Crippen LogP contribution >= 0.6 is 0 Å². The van der Waals surface area contributed by atoms with Gasteiger partial charge in [-0.2, -0.15) is 0 Å². The van der Waals surface area contributed by atoms with Crippen molar-refractivity contribution in [1.29, 1.82) is 0 Å². The summed E-state index contributed by atoms with van der Waals surface area (Å²) in [5.74, 6) is -0.848. The van der Waals surface area contributed by atoms with E-state index in [1.54, 1.807) is 24.3 Å². The maximum absolute atomic E-state index is 12.5. The highest BCUT2D eigenvalue weighted by atomic mass is 32.2. The van der Waals surface area contributed by atoms with E-state index in [2.05, 4.69) is 9.71 Å². The summed E-state index contributed by atoms with van der Waals surface area (Å²) in [6.07, 6.45) is 0.235. The van der Waals surface area contributed by atoms with Crippen LogP contribution in [0.2, 0.25) is 0 Å². The molecule has 1 aromatic carbocycles. The fourth-order valence-electron chi connectivity index (χ4n) is 2.50. The Kier molecular flexibility index (Phi) is 3.68. The van der Waals surface area contributed by atoms with Gasteiger partial charge in [0.15, 0.2) is 9.84 Å². The standard InChI is InChI=1S/C13H14N2O5S2/c16-11-8-21(17,18)7-10(11)15-22(19,20)12-5-1-3-9-4-2-6-14-13(9)12/h1-6,10-11,15-16H,7-8H2/t10-,11+/m0/s1. The van der Waals surface area contributed by atoms with Gasteiger partial charge in [-0.1, -0.05) is 18.2 Å². The highest BCUT2D eigenvalue weighted by Gasteiger charge is 2.39. The van der Waals surface area contributed by atoms with Crippen LogP contribution in [-0.2, 0) is 19.9 Å². The minimum absolute atomic E-state index is 0.0397. The Morgan fingerprint density at radius 1 is 1.18 bits per heavy atom. The molecule has 0 bridgehead atoms. The lowest BCUT2D eigenvalue weighted by molar-refractivity contribution is 0.176. The number of pyridine rings is 1. The number of nitrogens with zero attached hydrogens (tertiary/aromatic N) is 1. The molecule has 9 heteroatoms. The molecule has 22 heavy (non-hydrogen) atoms. The number of hydrogen-bond donors (Lipinski definition) is 2. The summed E-state index contributed by atoms with van der Waals surface area (Å²) in [7, 11) is -7.42. The molecule has 0 unspecified atom stereocenters. The van der Waals surface area contributed by atoms with Gasteiger partial charge in [-0.3, -0.25) is 4.98 Å². The van der Waals surface area contributed by atoms with Gasteiger partial charge in [0, 0.05) is 11.6 Å². The lowest BCUT2D eigenvalue weighted by atomic mass is 10.2. The number of aromatic nitrogens is 1. The van der Waals surface area contributed by atoms with Crippen molar-refractivity contribution in [3.05, 3.63) is 36.5 Å². The molecule has 1 saturated heterocycles. The van der Waals surface area contributed by atoms with Crippen molar-refractivity contribution in [2.75, 3.05) is 11.5 Å². The molecular formula is C13H14N2O5S2. The Balaban J connectivity index is 1.99. The average molecular weight is 342 g/mol. The van der Waals surface area contributed by atoms with Crippen LogP contribution in [0.1, 0.15) is 0 Å². The van der Waals surface area contributed by atoms with Gasteiger partial charge in [0.2, 0.25) is 10.0 Å². The van der Waals surface area contributed by atoms with E-state index in [9.17, 15) is 21.9 Å². The third-order valence-electron chi connectivity index (χ3n) is 3.51. The molecule has 2 aromatic rings. The number of nitrogens with one attached hydrogen (secondary N) is 1.